The van der Waals surface area contributed by atoms with Crippen molar-refractivity contribution in [3.05, 3.63) is 39.2 Å². The first-order chi connectivity index (χ1) is 6.59. The minimum absolute atomic E-state index is 0.295. The predicted molar refractivity (Wildman–Crippen MR) is 56.6 cm³/mol. The van der Waals surface area contributed by atoms with Crippen molar-refractivity contribution in [1.82, 2.24) is 0 Å². The first-order valence-electron chi connectivity index (χ1n) is 4.08. The Balaban J connectivity index is 3.02. The van der Waals surface area contributed by atoms with Crippen LogP contribution in [0, 0.1) is 6.92 Å². The molecule has 0 saturated heterocycles. The summed E-state index contributed by atoms with van der Waals surface area (Å²) in [5, 5.41) is 1.10. The molecule has 1 aromatic carbocycles. The van der Waals surface area contributed by atoms with Crippen molar-refractivity contribution in [1.29, 1.82) is 0 Å². The molecular formula is C10H8ClNO2. The fourth-order valence-corrected chi connectivity index (χ4v) is 1.57. The van der Waals surface area contributed by atoms with Crippen molar-refractivity contribution in [2.24, 2.45) is 0 Å². The van der Waals surface area contributed by atoms with Gasteiger partial charge >= 0.3 is 5.63 Å². The zero-order valence-electron chi connectivity index (χ0n) is 7.50. The summed E-state index contributed by atoms with van der Waals surface area (Å²) in [7, 11) is 0. The summed E-state index contributed by atoms with van der Waals surface area (Å²) in [5.74, 6) is 0. The molecule has 72 valence electrons. The molecule has 0 fully saturated rings. The average Bonchev–Trinajstić information content (AvgIpc) is 2.12. The molecule has 0 spiro atoms. The molecule has 2 N–H and O–H groups in total. The summed E-state index contributed by atoms with van der Waals surface area (Å²) in [6.07, 6.45) is 0. The van der Waals surface area contributed by atoms with Gasteiger partial charge < -0.3 is 10.2 Å². The zero-order valence-corrected chi connectivity index (χ0v) is 8.26. The van der Waals surface area contributed by atoms with E-state index in [1.807, 2.05) is 6.92 Å². The molecule has 0 saturated carbocycles. The van der Waals surface area contributed by atoms with Crippen LogP contribution in [0.3, 0.4) is 0 Å². The first kappa shape index (κ1) is 9.09. The Morgan fingerprint density at radius 2 is 2.14 bits per heavy atom. The molecular weight excluding hydrogens is 202 g/mol. The van der Waals surface area contributed by atoms with E-state index < -0.39 is 5.63 Å². The van der Waals surface area contributed by atoms with Crippen LogP contribution in [0.1, 0.15) is 5.56 Å². The third-order valence-electron chi connectivity index (χ3n) is 2.09. The summed E-state index contributed by atoms with van der Waals surface area (Å²) in [6.45, 7) is 1.83. The number of nitrogens with two attached hydrogens (primary N) is 1. The van der Waals surface area contributed by atoms with E-state index in [4.69, 9.17) is 21.8 Å². The molecule has 0 aliphatic heterocycles. The fourth-order valence-electron chi connectivity index (χ4n) is 1.37. The lowest BCUT2D eigenvalue weighted by atomic mass is 10.1. The lowest BCUT2D eigenvalue weighted by Gasteiger charge is -2.03. The van der Waals surface area contributed by atoms with Crippen LogP contribution >= 0.6 is 11.6 Å². The molecule has 0 bridgehead atoms. The van der Waals surface area contributed by atoms with Crippen LogP contribution in [0.4, 0.5) is 5.69 Å². The van der Waals surface area contributed by atoms with Crippen molar-refractivity contribution in [3.63, 3.8) is 0 Å². The molecule has 1 heterocycles. The lowest BCUT2D eigenvalue weighted by Crippen LogP contribution is -1.99. The molecule has 2 aromatic rings. The molecule has 1 aromatic heterocycles. The quantitative estimate of drug-likeness (QED) is 0.535. The molecule has 0 atom stereocenters. The molecule has 0 radical (unpaired) electrons. The summed E-state index contributed by atoms with van der Waals surface area (Å²) < 4.78 is 4.99. The molecule has 0 aliphatic carbocycles. The van der Waals surface area contributed by atoms with E-state index in [1.54, 1.807) is 12.1 Å². The Morgan fingerprint density at radius 3 is 2.86 bits per heavy atom. The number of aryl methyl sites for hydroxylation is 1. The van der Waals surface area contributed by atoms with E-state index in [0.717, 1.165) is 10.9 Å². The summed E-state index contributed by atoms with van der Waals surface area (Å²) in [5.41, 5.74) is 6.78. The Hall–Kier alpha value is -1.48. The number of benzene rings is 1. The molecule has 14 heavy (non-hydrogen) atoms. The molecule has 3 nitrogen and oxygen atoms in total. The summed E-state index contributed by atoms with van der Waals surface area (Å²) >= 11 is 5.91. The van der Waals surface area contributed by atoms with Gasteiger partial charge in [0, 0.05) is 11.5 Å². The maximum atomic E-state index is 11.1. The number of nitrogen functional groups attached to an aromatic ring is 1. The second-order valence-electron chi connectivity index (χ2n) is 3.09. The van der Waals surface area contributed by atoms with Gasteiger partial charge in [0.15, 0.2) is 5.58 Å². The van der Waals surface area contributed by atoms with E-state index >= 15 is 0 Å². The fraction of sp³-hybridized carbons (Fsp3) is 0.100. The van der Waals surface area contributed by atoms with Crippen LogP contribution in [0.5, 0.6) is 0 Å². The molecule has 0 aliphatic rings. The first-order valence-corrected chi connectivity index (χ1v) is 4.46. The van der Waals surface area contributed by atoms with Crippen LogP contribution in [0.15, 0.2) is 27.4 Å². The van der Waals surface area contributed by atoms with Crippen molar-refractivity contribution < 1.29 is 4.42 Å². The van der Waals surface area contributed by atoms with Gasteiger partial charge in [-0.15, -0.1) is 0 Å². The van der Waals surface area contributed by atoms with Crippen LogP contribution < -0.4 is 11.4 Å². The maximum absolute atomic E-state index is 11.1. The Bertz CT molecular complexity index is 560. The molecule has 0 amide bonds. The van der Waals surface area contributed by atoms with Gasteiger partial charge in [-0.3, -0.25) is 0 Å². The smallest absolute Gasteiger partial charge is 0.336 e. The number of hydrogen-bond donors (Lipinski definition) is 1. The van der Waals surface area contributed by atoms with Crippen molar-refractivity contribution in [3.8, 4) is 0 Å². The zero-order chi connectivity index (χ0) is 10.3. The summed E-state index contributed by atoms with van der Waals surface area (Å²) in [6, 6.07) is 4.90. The highest BCUT2D eigenvalue weighted by atomic mass is 35.5. The Morgan fingerprint density at radius 1 is 1.43 bits per heavy atom. The monoisotopic (exact) mass is 209 g/mol. The minimum atomic E-state index is -0.414. The van der Waals surface area contributed by atoms with E-state index in [2.05, 4.69) is 0 Å². The van der Waals surface area contributed by atoms with E-state index in [-0.39, 0.29) is 0 Å². The van der Waals surface area contributed by atoms with E-state index in [9.17, 15) is 4.79 Å². The van der Waals surface area contributed by atoms with Crippen LogP contribution in [0.2, 0.25) is 5.02 Å². The van der Waals surface area contributed by atoms with Gasteiger partial charge in [-0.2, -0.15) is 0 Å². The van der Waals surface area contributed by atoms with E-state index in [1.165, 1.54) is 6.07 Å². The second-order valence-corrected chi connectivity index (χ2v) is 3.47. The number of halogens is 1. The van der Waals surface area contributed by atoms with Crippen LogP contribution in [0.25, 0.3) is 11.0 Å². The van der Waals surface area contributed by atoms with Gasteiger partial charge in [0.25, 0.3) is 0 Å². The number of anilines is 1. The highest BCUT2D eigenvalue weighted by molar-refractivity contribution is 6.37. The van der Waals surface area contributed by atoms with Gasteiger partial charge in [0.05, 0.1) is 5.69 Å². The second kappa shape index (κ2) is 3.03. The van der Waals surface area contributed by atoms with Crippen molar-refractivity contribution in [2.75, 3.05) is 5.73 Å². The van der Waals surface area contributed by atoms with Gasteiger partial charge in [0.1, 0.15) is 5.02 Å². The van der Waals surface area contributed by atoms with Crippen molar-refractivity contribution in [2.45, 2.75) is 6.92 Å². The number of fused-ring (bicyclic) bond motifs is 1. The SMILES string of the molecule is Cc1cc(=O)oc2c(Cl)c(N)ccc12. The Kier molecular flexibility index (Phi) is 1.97. The third-order valence-corrected chi connectivity index (χ3v) is 2.48. The van der Waals surface area contributed by atoms with Crippen LogP contribution in [-0.4, -0.2) is 0 Å². The third kappa shape index (κ3) is 1.26. The Labute approximate surface area is 85.1 Å². The van der Waals surface area contributed by atoms with Gasteiger partial charge in [-0.05, 0) is 24.6 Å². The minimum Gasteiger partial charge on any atom is -0.421 e. The van der Waals surface area contributed by atoms with Gasteiger partial charge in [0.2, 0.25) is 0 Å². The van der Waals surface area contributed by atoms with Gasteiger partial charge in [-0.25, -0.2) is 4.79 Å². The predicted octanol–water partition coefficient (Wildman–Crippen LogP) is 2.34. The molecule has 2 rings (SSSR count). The standard InChI is InChI=1S/C10H8ClNO2/c1-5-4-8(13)14-10-6(5)2-3-7(12)9(10)11/h2-4H,12H2,1H3. The maximum Gasteiger partial charge on any atom is 0.336 e. The molecule has 4 heteroatoms. The lowest BCUT2D eigenvalue weighted by molar-refractivity contribution is 0.560. The summed E-state index contributed by atoms with van der Waals surface area (Å²) in [4.78, 5) is 11.1. The normalized spacial score (nSPS) is 10.7. The average molecular weight is 210 g/mol. The van der Waals surface area contributed by atoms with Crippen molar-refractivity contribution >= 4 is 28.3 Å². The topological polar surface area (TPSA) is 56.2 Å². The number of hydrogen-bond acceptors (Lipinski definition) is 3. The highest BCUT2D eigenvalue weighted by Gasteiger charge is 2.08. The van der Waals surface area contributed by atoms with Crippen LogP contribution in [-0.2, 0) is 0 Å². The number of rotatable bonds is 0. The largest absolute Gasteiger partial charge is 0.421 e. The highest BCUT2D eigenvalue weighted by Crippen LogP contribution is 2.29. The van der Waals surface area contributed by atoms with E-state index in [0.29, 0.717) is 16.3 Å². The van der Waals surface area contributed by atoms with Gasteiger partial charge in [-0.1, -0.05) is 11.6 Å². The molecule has 0 unspecified atom stereocenters.